The monoisotopic (exact) mass is 926 g/mol. The SMILES string of the molecule is CN=C(NC)n1c(OCc2cc(OC)ccn2)nc2ccc(-c3cnc(COc4nc5ccc(-c6cnc(COc7nc8ccccc8n7C(=NC)NC)nc6)cc5n4C(=NC)NC)c(C)c3)cc21. The van der Waals surface area contributed by atoms with E-state index in [-0.39, 0.29) is 19.8 Å². The van der Waals surface area contributed by atoms with Crippen LogP contribution in [-0.2, 0) is 19.8 Å². The van der Waals surface area contributed by atoms with Gasteiger partial charge in [-0.1, -0.05) is 24.3 Å². The minimum absolute atomic E-state index is 0.100. The lowest BCUT2D eigenvalue weighted by molar-refractivity contribution is 0.270. The number of aryl methyl sites for hydroxylation is 1. The maximum Gasteiger partial charge on any atom is 0.304 e. The van der Waals surface area contributed by atoms with Crippen LogP contribution in [0.25, 0.3) is 55.4 Å². The number of nitrogens with zero attached hydrogens (tertiary/aromatic N) is 13. The molecule has 69 heavy (non-hydrogen) atoms. The van der Waals surface area contributed by atoms with E-state index in [4.69, 9.17) is 33.9 Å². The zero-order chi connectivity index (χ0) is 48.0. The number of aliphatic imine (C=N–C) groups is 3. The number of nitrogens with one attached hydrogen (secondary N) is 3. The highest BCUT2D eigenvalue weighted by molar-refractivity contribution is 5.97. The van der Waals surface area contributed by atoms with Gasteiger partial charge >= 0.3 is 18.0 Å². The number of imidazole rings is 3. The summed E-state index contributed by atoms with van der Waals surface area (Å²) >= 11 is 0. The van der Waals surface area contributed by atoms with Gasteiger partial charge in [-0.05, 0) is 72.1 Å². The number of hydrogen-bond donors (Lipinski definition) is 3. The summed E-state index contributed by atoms with van der Waals surface area (Å²) in [7, 11) is 12.1. The molecule has 0 saturated carbocycles. The lowest BCUT2D eigenvalue weighted by Gasteiger charge is -2.13. The Hall–Kier alpha value is -8.94. The van der Waals surface area contributed by atoms with Crippen molar-refractivity contribution in [2.45, 2.75) is 26.7 Å². The third-order valence-corrected chi connectivity index (χ3v) is 11.3. The van der Waals surface area contributed by atoms with Crippen LogP contribution < -0.4 is 34.9 Å². The minimum Gasteiger partial charge on any atom is -0.497 e. The predicted octanol–water partition coefficient (Wildman–Crippen LogP) is 5.86. The molecule has 0 radical (unpaired) electrons. The number of para-hydroxylation sites is 2. The van der Waals surface area contributed by atoms with Crippen LogP contribution in [0.4, 0.5) is 0 Å². The third kappa shape index (κ3) is 9.01. The standard InChI is InChI=1S/C49H50N16O4/c1-29-19-32(30-13-15-37-41(20-30)64(45(52-4)53-5)48(61-37)67-26-34-22-35(66-8)17-18-56-34)23-57-39(29)27-68-49-62-38-16-14-31(21-42(38)65(49)46(54-6)55-7)33-24-58-43(59-25-33)28-69-47-60-36-11-9-10-12-40(36)63(47)44(50-2)51-3/h9-25H,26-28H2,1-8H3,(H,50,51)(H,52,53)(H,54,55). The maximum atomic E-state index is 6.45. The molecule has 9 rings (SSSR count). The Labute approximate surface area is 396 Å². The van der Waals surface area contributed by atoms with Crippen LogP contribution in [0.1, 0.15) is 22.8 Å². The molecule has 3 aromatic carbocycles. The van der Waals surface area contributed by atoms with Gasteiger partial charge in [0.15, 0.2) is 12.4 Å². The highest BCUT2D eigenvalue weighted by atomic mass is 16.5. The zero-order valence-electron chi connectivity index (χ0n) is 39.4. The van der Waals surface area contributed by atoms with Crippen LogP contribution >= 0.6 is 0 Å². The van der Waals surface area contributed by atoms with Crippen molar-refractivity contribution in [3.63, 3.8) is 0 Å². The molecule has 6 heterocycles. The van der Waals surface area contributed by atoms with Crippen LogP contribution in [0.3, 0.4) is 0 Å². The van der Waals surface area contributed by atoms with Gasteiger partial charge < -0.3 is 34.9 Å². The summed E-state index contributed by atoms with van der Waals surface area (Å²) < 4.78 is 29.7. The van der Waals surface area contributed by atoms with Crippen molar-refractivity contribution in [3.8, 4) is 46.0 Å². The van der Waals surface area contributed by atoms with E-state index < -0.39 is 0 Å². The highest BCUT2D eigenvalue weighted by Crippen LogP contribution is 2.31. The molecule has 6 aromatic heterocycles. The van der Waals surface area contributed by atoms with Crippen molar-refractivity contribution in [1.29, 1.82) is 0 Å². The first kappa shape index (κ1) is 45.2. The second-order valence-electron chi connectivity index (χ2n) is 15.4. The van der Waals surface area contributed by atoms with E-state index in [1.54, 1.807) is 74.1 Å². The first-order valence-corrected chi connectivity index (χ1v) is 21.9. The first-order valence-electron chi connectivity index (χ1n) is 21.9. The minimum atomic E-state index is 0.100. The van der Waals surface area contributed by atoms with Crippen LogP contribution in [-0.4, -0.2) is 116 Å². The number of aromatic nitrogens is 10. The molecular weight excluding hydrogens is 877 g/mol. The lowest BCUT2D eigenvalue weighted by Crippen LogP contribution is -2.27. The summed E-state index contributed by atoms with van der Waals surface area (Å²) in [5.74, 6) is 2.89. The molecule has 0 unspecified atom stereocenters. The van der Waals surface area contributed by atoms with Crippen LogP contribution in [0, 0.1) is 6.92 Å². The molecule has 0 bridgehead atoms. The number of pyridine rings is 2. The maximum absolute atomic E-state index is 6.45. The molecule has 9 aromatic rings. The summed E-state index contributed by atoms with van der Waals surface area (Å²) in [5.41, 5.74) is 10.6. The Kier molecular flexibility index (Phi) is 13.0. The molecular formula is C49H50N16O4. The zero-order valence-corrected chi connectivity index (χ0v) is 39.4. The number of hydrogen-bond acceptors (Lipinski definition) is 14. The van der Waals surface area contributed by atoms with Crippen molar-refractivity contribution < 1.29 is 18.9 Å². The number of rotatable bonds is 12. The van der Waals surface area contributed by atoms with Gasteiger partial charge in [-0.3, -0.25) is 24.9 Å². The van der Waals surface area contributed by atoms with E-state index in [0.29, 0.717) is 58.7 Å². The summed E-state index contributed by atoms with van der Waals surface area (Å²) in [4.78, 5) is 46.2. The van der Waals surface area contributed by atoms with E-state index >= 15 is 0 Å². The highest BCUT2D eigenvalue weighted by Gasteiger charge is 2.21. The fourth-order valence-electron chi connectivity index (χ4n) is 7.90. The van der Waals surface area contributed by atoms with Gasteiger partial charge in [0.05, 0.1) is 51.6 Å². The second-order valence-corrected chi connectivity index (χ2v) is 15.4. The average molecular weight is 927 g/mol. The molecule has 3 N–H and O–H groups in total. The topological polar surface area (TPSA) is 215 Å². The van der Waals surface area contributed by atoms with Crippen molar-refractivity contribution in [1.82, 2.24) is 64.5 Å². The molecule has 0 saturated heterocycles. The Morgan fingerprint density at radius 1 is 0.536 bits per heavy atom. The van der Waals surface area contributed by atoms with Crippen molar-refractivity contribution >= 4 is 51.0 Å². The Morgan fingerprint density at radius 3 is 1.62 bits per heavy atom. The van der Waals surface area contributed by atoms with Gasteiger partial charge in [-0.2, -0.15) is 15.0 Å². The fraction of sp³-hybridized carbons (Fsp3) is 0.224. The van der Waals surface area contributed by atoms with E-state index in [1.165, 1.54) is 0 Å². The van der Waals surface area contributed by atoms with Crippen molar-refractivity contribution in [2.24, 2.45) is 15.0 Å². The number of benzene rings is 3. The number of fused-ring (bicyclic) bond motifs is 3. The summed E-state index contributed by atoms with van der Waals surface area (Å²) in [6, 6.07) is 26.5. The average Bonchev–Trinajstić information content (AvgIpc) is 4.07. The van der Waals surface area contributed by atoms with Gasteiger partial charge in [-0.15, -0.1) is 0 Å². The largest absolute Gasteiger partial charge is 0.497 e. The number of methoxy groups -OCH3 is 1. The second kappa shape index (κ2) is 19.9. The van der Waals surface area contributed by atoms with Gasteiger partial charge in [0.2, 0.25) is 17.9 Å². The van der Waals surface area contributed by atoms with Crippen LogP contribution in [0.5, 0.6) is 23.8 Å². The summed E-state index contributed by atoms with van der Waals surface area (Å²) in [6.07, 6.45) is 7.06. The normalized spacial score (nSPS) is 12.2. The third-order valence-electron chi connectivity index (χ3n) is 11.3. The molecule has 0 aliphatic rings. The Morgan fingerprint density at radius 2 is 1.06 bits per heavy atom. The fourth-order valence-corrected chi connectivity index (χ4v) is 7.90. The van der Waals surface area contributed by atoms with Gasteiger partial charge in [0.1, 0.15) is 19.0 Å². The molecule has 0 spiro atoms. The van der Waals surface area contributed by atoms with E-state index in [2.05, 4.69) is 56.9 Å². The summed E-state index contributed by atoms with van der Waals surface area (Å²) in [5, 5.41) is 9.45. The first-order chi connectivity index (χ1) is 33.8. The molecule has 0 atom stereocenters. The lowest BCUT2D eigenvalue weighted by atomic mass is 10.0. The Bertz CT molecular complexity index is 3410. The molecule has 20 nitrogen and oxygen atoms in total. The Balaban J connectivity index is 0.931. The molecule has 350 valence electrons. The predicted molar refractivity (Wildman–Crippen MR) is 265 cm³/mol. The van der Waals surface area contributed by atoms with Crippen LogP contribution in [0.2, 0.25) is 0 Å². The molecule has 20 heteroatoms. The summed E-state index contributed by atoms with van der Waals surface area (Å²) in [6.45, 7) is 2.45. The van der Waals surface area contributed by atoms with E-state index in [1.807, 2.05) is 93.6 Å². The molecule has 0 aliphatic carbocycles. The van der Waals surface area contributed by atoms with Crippen molar-refractivity contribution in [2.75, 3.05) is 49.4 Å². The van der Waals surface area contributed by atoms with Gasteiger partial charge in [0.25, 0.3) is 0 Å². The van der Waals surface area contributed by atoms with Crippen molar-refractivity contribution in [3.05, 3.63) is 126 Å². The van der Waals surface area contributed by atoms with Gasteiger partial charge in [0, 0.05) is 84.3 Å². The van der Waals surface area contributed by atoms with E-state index in [0.717, 1.165) is 61.1 Å². The molecule has 0 fully saturated rings. The molecule has 0 aliphatic heterocycles. The van der Waals surface area contributed by atoms with Crippen LogP contribution in [0.15, 0.2) is 119 Å². The van der Waals surface area contributed by atoms with Gasteiger partial charge in [-0.25, -0.2) is 23.7 Å². The quantitative estimate of drug-likeness (QED) is 0.0967. The molecule has 0 amide bonds. The van der Waals surface area contributed by atoms with E-state index in [9.17, 15) is 0 Å². The number of ether oxygens (including phenoxy) is 4. The smallest absolute Gasteiger partial charge is 0.304 e.